The van der Waals surface area contributed by atoms with Crippen LogP contribution in [0.25, 0.3) is 0 Å². The quantitative estimate of drug-likeness (QED) is 0.616. The van der Waals surface area contributed by atoms with Crippen molar-refractivity contribution in [3.8, 4) is 0 Å². The number of carbonyl (C=O) groups is 3. The smallest absolute Gasteiger partial charge is 0.326 e. The Morgan fingerprint density at radius 3 is 2.11 bits per heavy atom. The first-order chi connectivity index (χ1) is 8.93. The number of carboxylic acids is 1. The first-order valence-corrected chi connectivity index (χ1v) is 6.68. The Morgan fingerprint density at radius 2 is 1.74 bits per heavy atom. The number of allylic oxidation sites excluding steroid dienone is 2. The van der Waals surface area contributed by atoms with Crippen LogP contribution < -0.4 is 0 Å². The molecule has 1 aliphatic carbocycles. The summed E-state index contributed by atoms with van der Waals surface area (Å²) in [5, 5.41) is 9.29. The number of imide groups is 1. The van der Waals surface area contributed by atoms with E-state index in [2.05, 4.69) is 0 Å². The zero-order valence-electron chi connectivity index (χ0n) is 11.2. The molecule has 1 aliphatic heterocycles. The van der Waals surface area contributed by atoms with E-state index in [-0.39, 0.29) is 29.6 Å². The van der Waals surface area contributed by atoms with Crippen molar-refractivity contribution in [3.05, 3.63) is 12.2 Å². The number of rotatable bonds is 4. The molecule has 1 N–H and O–H groups in total. The molecule has 19 heavy (non-hydrogen) atoms. The summed E-state index contributed by atoms with van der Waals surface area (Å²) >= 11 is 0. The number of fused-ring (bicyclic) bond motifs is 1. The van der Waals surface area contributed by atoms with Crippen LogP contribution in [-0.4, -0.2) is 33.8 Å². The standard InChI is InChI=1S/C14H19NO4/c1-8(2)7-11(14(18)19)15-12(16)9-5-3-4-6-10(9)13(15)17/h3-4,8-11H,5-7H2,1-2H3,(H,18,19)/t9-,10-,11-/m1/s1. The summed E-state index contributed by atoms with van der Waals surface area (Å²) in [5.41, 5.74) is 0. The van der Waals surface area contributed by atoms with Crippen molar-refractivity contribution in [3.63, 3.8) is 0 Å². The zero-order valence-corrected chi connectivity index (χ0v) is 11.2. The molecular formula is C14H19NO4. The van der Waals surface area contributed by atoms with Crippen molar-refractivity contribution in [1.29, 1.82) is 0 Å². The van der Waals surface area contributed by atoms with Gasteiger partial charge in [0.2, 0.25) is 11.8 Å². The molecule has 2 aliphatic rings. The Labute approximate surface area is 112 Å². The highest BCUT2D eigenvalue weighted by molar-refractivity contribution is 6.07. The third-order valence-corrected chi connectivity index (χ3v) is 3.83. The first-order valence-electron chi connectivity index (χ1n) is 6.68. The van der Waals surface area contributed by atoms with Gasteiger partial charge in [-0.2, -0.15) is 0 Å². The van der Waals surface area contributed by atoms with E-state index in [1.807, 2.05) is 26.0 Å². The van der Waals surface area contributed by atoms with Gasteiger partial charge in [0.25, 0.3) is 0 Å². The maximum absolute atomic E-state index is 12.3. The molecule has 3 atom stereocenters. The molecule has 0 aromatic rings. The number of hydrogen-bond acceptors (Lipinski definition) is 3. The van der Waals surface area contributed by atoms with Crippen molar-refractivity contribution < 1.29 is 19.5 Å². The van der Waals surface area contributed by atoms with E-state index in [0.29, 0.717) is 19.3 Å². The van der Waals surface area contributed by atoms with Crippen molar-refractivity contribution in [2.45, 2.75) is 39.2 Å². The van der Waals surface area contributed by atoms with Gasteiger partial charge in [-0.3, -0.25) is 14.5 Å². The molecule has 0 saturated carbocycles. The first kappa shape index (κ1) is 13.8. The number of nitrogens with zero attached hydrogens (tertiary/aromatic N) is 1. The second-order valence-corrected chi connectivity index (χ2v) is 5.69. The number of likely N-dealkylation sites (tertiary alicyclic amines) is 1. The molecule has 1 saturated heterocycles. The van der Waals surface area contributed by atoms with Gasteiger partial charge < -0.3 is 5.11 Å². The Balaban J connectivity index is 2.26. The Kier molecular flexibility index (Phi) is 3.73. The number of amides is 2. The number of aliphatic carboxylic acids is 1. The Bertz CT molecular complexity index is 415. The summed E-state index contributed by atoms with van der Waals surface area (Å²) in [6.45, 7) is 3.77. The SMILES string of the molecule is CC(C)C[C@H](C(=O)O)N1C(=O)[C@@H]2CC=CC[C@H]2C1=O. The van der Waals surface area contributed by atoms with Crippen LogP contribution in [0, 0.1) is 17.8 Å². The van der Waals surface area contributed by atoms with Gasteiger partial charge in [-0.25, -0.2) is 4.79 Å². The molecule has 0 spiro atoms. The molecule has 2 amide bonds. The van der Waals surface area contributed by atoms with Crippen molar-refractivity contribution in [2.75, 3.05) is 0 Å². The molecule has 0 aromatic carbocycles. The van der Waals surface area contributed by atoms with Gasteiger partial charge in [-0.15, -0.1) is 0 Å². The highest BCUT2D eigenvalue weighted by atomic mass is 16.4. The lowest BCUT2D eigenvalue weighted by atomic mass is 9.85. The summed E-state index contributed by atoms with van der Waals surface area (Å²) < 4.78 is 0. The van der Waals surface area contributed by atoms with Crippen LogP contribution in [0.3, 0.4) is 0 Å². The van der Waals surface area contributed by atoms with Gasteiger partial charge in [-0.1, -0.05) is 26.0 Å². The average Bonchev–Trinajstić information content (AvgIpc) is 2.60. The number of carboxylic acid groups (broad SMARTS) is 1. The summed E-state index contributed by atoms with van der Waals surface area (Å²) in [5.74, 6) is -2.32. The lowest BCUT2D eigenvalue weighted by Gasteiger charge is -2.24. The van der Waals surface area contributed by atoms with Crippen LogP contribution in [0.2, 0.25) is 0 Å². The summed E-state index contributed by atoms with van der Waals surface area (Å²) in [4.78, 5) is 36.9. The molecule has 5 heteroatoms. The van der Waals surface area contributed by atoms with E-state index >= 15 is 0 Å². The largest absolute Gasteiger partial charge is 0.480 e. The fourth-order valence-corrected chi connectivity index (χ4v) is 2.90. The van der Waals surface area contributed by atoms with E-state index in [9.17, 15) is 19.5 Å². The second kappa shape index (κ2) is 5.15. The topological polar surface area (TPSA) is 74.7 Å². The summed E-state index contributed by atoms with van der Waals surface area (Å²) in [6.07, 6.45) is 5.18. The van der Waals surface area contributed by atoms with Gasteiger partial charge in [0.15, 0.2) is 0 Å². The van der Waals surface area contributed by atoms with Crippen molar-refractivity contribution in [2.24, 2.45) is 17.8 Å². The fourth-order valence-electron chi connectivity index (χ4n) is 2.90. The molecule has 1 fully saturated rings. The van der Waals surface area contributed by atoms with Crippen LogP contribution in [0.4, 0.5) is 0 Å². The van der Waals surface area contributed by atoms with E-state index in [1.165, 1.54) is 0 Å². The van der Waals surface area contributed by atoms with Gasteiger partial charge in [0.1, 0.15) is 6.04 Å². The van der Waals surface area contributed by atoms with Gasteiger partial charge in [0.05, 0.1) is 11.8 Å². The molecule has 104 valence electrons. The molecule has 0 unspecified atom stereocenters. The maximum Gasteiger partial charge on any atom is 0.326 e. The molecule has 1 heterocycles. The number of hydrogen-bond donors (Lipinski definition) is 1. The third kappa shape index (κ3) is 2.41. The van der Waals surface area contributed by atoms with Crippen LogP contribution in [-0.2, 0) is 14.4 Å². The number of carbonyl (C=O) groups excluding carboxylic acids is 2. The van der Waals surface area contributed by atoms with Crippen LogP contribution in [0.1, 0.15) is 33.1 Å². The maximum atomic E-state index is 12.3. The summed E-state index contributed by atoms with van der Waals surface area (Å²) in [7, 11) is 0. The Morgan fingerprint density at radius 1 is 1.26 bits per heavy atom. The van der Waals surface area contributed by atoms with E-state index in [0.717, 1.165) is 4.90 Å². The Hall–Kier alpha value is -1.65. The zero-order chi connectivity index (χ0) is 14.2. The van der Waals surface area contributed by atoms with Crippen molar-refractivity contribution >= 4 is 17.8 Å². The van der Waals surface area contributed by atoms with E-state index in [4.69, 9.17) is 0 Å². The molecule has 2 rings (SSSR count). The van der Waals surface area contributed by atoms with Crippen molar-refractivity contribution in [1.82, 2.24) is 4.90 Å². The molecular weight excluding hydrogens is 246 g/mol. The minimum atomic E-state index is -1.10. The lowest BCUT2D eigenvalue weighted by Crippen LogP contribution is -2.46. The van der Waals surface area contributed by atoms with E-state index in [1.54, 1.807) is 0 Å². The third-order valence-electron chi connectivity index (χ3n) is 3.83. The summed E-state index contributed by atoms with van der Waals surface area (Å²) in [6, 6.07) is -1.02. The second-order valence-electron chi connectivity index (χ2n) is 5.69. The predicted octanol–water partition coefficient (Wildman–Crippen LogP) is 1.44. The van der Waals surface area contributed by atoms with E-state index < -0.39 is 12.0 Å². The van der Waals surface area contributed by atoms with Gasteiger partial charge >= 0.3 is 5.97 Å². The predicted molar refractivity (Wildman–Crippen MR) is 68.1 cm³/mol. The van der Waals surface area contributed by atoms with Crippen LogP contribution in [0.15, 0.2) is 12.2 Å². The molecule has 0 radical (unpaired) electrons. The molecule has 5 nitrogen and oxygen atoms in total. The highest BCUT2D eigenvalue weighted by Gasteiger charge is 2.51. The fraction of sp³-hybridized carbons (Fsp3) is 0.643. The van der Waals surface area contributed by atoms with Gasteiger partial charge in [-0.05, 0) is 25.2 Å². The lowest BCUT2D eigenvalue weighted by molar-refractivity contribution is -0.155. The average molecular weight is 265 g/mol. The molecule has 0 aromatic heterocycles. The highest BCUT2D eigenvalue weighted by Crippen LogP contribution is 2.36. The van der Waals surface area contributed by atoms with Gasteiger partial charge in [0, 0.05) is 0 Å². The minimum Gasteiger partial charge on any atom is -0.480 e. The minimum absolute atomic E-state index is 0.113. The van der Waals surface area contributed by atoms with Crippen LogP contribution >= 0.6 is 0 Å². The van der Waals surface area contributed by atoms with Crippen LogP contribution in [0.5, 0.6) is 0 Å². The normalized spacial score (nSPS) is 27.8. The molecule has 0 bridgehead atoms. The monoisotopic (exact) mass is 265 g/mol.